The first kappa shape index (κ1) is 15.8. The van der Waals surface area contributed by atoms with Gasteiger partial charge in [0, 0.05) is 18.3 Å². The van der Waals surface area contributed by atoms with E-state index in [1.165, 1.54) is 18.2 Å². The van der Waals surface area contributed by atoms with E-state index in [9.17, 15) is 9.18 Å². The molecule has 0 radical (unpaired) electrons. The number of aromatic nitrogens is 1. The number of hydrogen-bond acceptors (Lipinski definition) is 3. The standard InChI is InChI=1S/C16H17ClFN3O2/c1-2-10-9-15(23-20-10)14-4-3-7-21(14)16(22)19-11-5-6-13(18)12(17)8-11/h5-6,8-9,14H,2-4,7H2,1H3,(H,19,22)/t14-/m0/s1. The number of anilines is 1. The predicted molar refractivity (Wildman–Crippen MR) is 85.0 cm³/mol. The maximum Gasteiger partial charge on any atom is 0.322 e. The minimum Gasteiger partial charge on any atom is -0.359 e. The van der Waals surface area contributed by atoms with Crippen molar-refractivity contribution in [2.75, 3.05) is 11.9 Å². The molecule has 7 heteroatoms. The number of nitrogens with one attached hydrogen (secondary N) is 1. The molecule has 3 rings (SSSR count). The lowest BCUT2D eigenvalue weighted by molar-refractivity contribution is 0.195. The van der Waals surface area contributed by atoms with Crippen LogP contribution < -0.4 is 5.32 Å². The van der Waals surface area contributed by atoms with Crippen LogP contribution in [-0.2, 0) is 6.42 Å². The summed E-state index contributed by atoms with van der Waals surface area (Å²) in [4.78, 5) is 14.2. The summed E-state index contributed by atoms with van der Waals surface area (Å²) in [5.41, 5.74) is 1.33. The van der Waals surface area contributed by atoms with Crippen molar-refractivity contribution in [1.82, 2.24) is 10.1 Å². The third-order valence-corrected chi connectivity index (χ3v) is 4.24. The number of carbonyl (C=O) groups is 1. The molecule has 1 N–H and O–H groups in total. The summed E-state index contributed by atoms with van der Waals surface area (Å²) in [5, 5.41) is 6.71. The molecule has 0 unspecified atom stereocenters. The number of halogens is 2. The first-order chi connectivity index (χ1) is 11.1. The van der Waals surface area contributed by atoms with Gasteiger partial charge in [0.2, 0.25) is 0 Å². The van der Waals surface area contributed by atoms with Crippen LogP contribution >= 0.6 is 11.6 Å². The maximum atomic E-state index is 13.2. The first-order valence-electron chi connectivity index (χ1n) is 7.56. The van der Waals surface area contributed by atoms with Crippen LogP contribution in [0.3, 0.4) is 0 Å². The van der Waals surface area contributed by atoms with Crippen LogP contribution in [0, 0.1) is 5.82 Å². The summed E-state index contributed by atoms with van der Waals surface area (Å²) >= 11 is 5.74. The third-order valence-electron chi connectivity index (χ3n) is 3.95. The van der Waals surface area contributed by atoms with Crippen LogP contribution in [0.15, 0.2) is 28.8 Å². The highest BCUT2D eigenvalue weighted by atomic mass is 35.5. The number of likely N-dealkylation sites (tertiary alicyclic amines) is 1. The van der Waals surface area contributed by atoms with E-state index < -0.39 is 5.82 Å². The largest absolute Gasteiger partial charge is 0.359 e. The molecule has 1 fully saturated rings. The van der Waals surface area contributed by atoms with Crippen molar-refractivity contribution >= 4 is 23.3 Å². The summed E-state index contributed by atoms with van der Waals surface area (Å²) in [5.74, 6) is 0.184. The second-order valence-corrected chi connectivity index (χ2v) is 5.89. The number of benzene rings is 1. The summed E-state index contributed by atoms with van der Waals surface area (Å²) in [6.07, 6.45) is 2.51. The maximum absolute atomic E-state index is 13.2. The topological polar surface area (TPSA) is 58.4 Å². The van der Waals surface area contributed by atoms with E-state index in [-0.39, 0.29) is 17.1 Å². The van der Waals surface area contributed by atoms with Gasteiger partial charge in [0.15, 0.2) is 5.76 Å². The minimum absolute atomic E-state index is 0.0244. The molecule has 1 aliphatic rings. The summed E-state index contributed by atoms with van der Waals surface area (Å²) < 4.78 is 18.5. The van der Waals surface area contributed by atoms with Gasteiger partial charge in [0.25, 0.3) is 0 Å². The van der Waals surface area contributed by atoms with Crippen LogP contribution in [0.2, 0.25) is 5.02 Å². The van der Waals surface area contributed by atoms with Gasteiger partial charge in [0.05, 0.1) is 16.8 Å². The second kappa shape index (κ2) is 6.58. The van der Waals surface area contributed by atoms with Gasteiger partial charge in [-0.15, -0.1) is 0 Å². The van der Waals surface area contributed by atoms with Crippen LogP contribution in [0.4, 0.5) is 14.9 Å². The van der Waals surface area contributed by atoms with Gasteiger partial charge in [-0.3, -0.25) is 0 Å². The Labute approximate surface area is 138 Å². The number of amides is 2. The molecule has 23 heavy (non-hydrogen) atoms. The lowest BCUT2D eigenvalue weighted by Crippen LogP contribution is -2.34. The van der Waals surface area contributed by atoms with Gasteiger partial charge in [0.1, 0.15) is 5.82 Å². The Bertz CT molecular complexity index is 719. The number of nitrogens with zero attached hydrogens (tertiary/aromatic N) is 2. The average molecular weight is 338 g/mol. The van der Waals surface area contributed by atoms with Crippen LogP contribution in [-0.4, -0.2) is 22.6 Å². The summed E-state index contributed by atoms with van der Waals surface area (Å²) in [6, 6.07) is 5.61. The van der Waals surface area contributed by atoms with E-state index in [2.05, 4.69) is 10.5 Å². The van der Waals surface area contributed by atoms with Crippen molar-refractivity contribution in [2.45, 2.75) is 32.2 Å². The molecule has 1 aromatic heterocycles. The van der Waals surface area contributed by atoms with Crippen molar-refractivity contribution in [1.29, 1.82) is 0 Å². The van der Waals surface area contributed by atoms with E-state index in [0.29, 0.717) is 18.0 Å². The minimum atomic E-state index is -0.516. The Hall–Kier alpha value is -2.08. The lowest BCUT2D eigenvalue weighted by Gasteiger charge is -2.23. The number of urea groups is 1. The Morgan fingerprint density at radius 1 is 1.52 bits per heavy atom. The van der Waals surface area contributed by atoms with Gasteiger partial charge >= 0.3 is 6.03 Å². The molecule has 0 spiro atoms. The molecule has 2 aromatic rings. The van der Waals surface area contributed by atoms with E-state index >= 15 is 0 Å². The van der Waals surface area contributed by atoms with E-state index in [1.54, 1.807) is 4.90 Å². The van der Waals surface area contributed by atoms with Crippen molar-refractivity contribution in [2.24, 2.45) is 0 Å². The molecule has 1 atom stereocenters. The predicted octanol–water partition coefficient (Wildman–Crippen LogP) is 4.40. The molecule has 1 aromatic carbocycles. The fourth-order valence-corrected chi connectivity index (χ4v) is 2.91. The summed E-state index contributed by atoms with van der Waals surface area (Å²) in [6.45, 7) is 2.63. The van der Waals surface area contributed by atoms with Crippen molar-refractivity contribution in [3.8, 4) is 0 Å². The zero-order valence-electron chi connectivity index (χ0n) is 12.7. The van der Waals surface area contributed by atoms with Crippen LogP contribution in [0.1, 0.15) is 37.3 Å². The highest BCUT2D eigenvalue weighted by Crippen LogP contribution is 2.33. The smallest absolute Gasteiger partial charge is 0.322 e. The number of hydrogen-bond donors (Lipinski definition) is 1. The van der Waals surface area contributed by atoms with Gasteiger partial charge in [-0.05, 0) is 37.5 Å². The van der Waals surface area contributed by atoms with Crippen molar-refractivity contribution < 1.29 is 13.7 Å². The van der Waals surface area contributed by atoms with Crippen LogP contribution in [0.25, 0.3) is 0 Å². The Morgan fingerprint density at radius 2 is 2.35 bits per heavy atom. The van der Waals surface area contributed by atoms with Crippen LogP contribution in [0.5, 0.6) is 0 Å². The molecule has 0 saturated carbocycles. The van der Waals surface area contributed by atoms with Gasteiger partial charge in [-0.1, -0.05) is 23.7 Å². The zero-order valence-corrected chi connectivity index (χ0v) is 13.4. The Kier molecular flexibility index (Phi) is 4.52. The lowest BCUT2D eigenvalue weighted by atomic mass is 10.1. The first-order valence-corrected chi connectivity index (χ1v) is 7.94. The second-order valence-electron chi connectivity index (χ2n) is 5.48. The molecule has 1 saturated heterocycles. The van der Waals surface area contributed by atoms with E-state index in [4.69, 9.17) is 16.1 Å². The molecule has 1 aliphatic heterocycles. The molecule has 0 bridgehead atoms. The molecular weight excluding hydrogens is 321 g/mol. The molecule has 5 nitrogen and oxygen atoms in total. The number of rotatable bonds is 3. The summed E-state index contributed by atoms with van der Waals surface area (Å²) in [7, 11) is 0. The monoisotopic (exact) mass is 337 g/mol. The van der Waals surface area contributed by atoms with E-state index in [1.807, 2.05) is 13.0 Å². The van der Waals surface area contributed by atoms with Crippen molar-refractivity contribution in [3.63, 3.8) is 0 Å². The molecule has 2 heterocycles. The Morgan fingerprint density at radius 3 is 3.04 bits per heavy atom. The molecular formula is C16H17ClFN3O2. The highest BCUT2D eigenvalue weighted by Gasteiger charge is 2.32. The highest BCUT2D eigenvalue weighted by molar-refractivity contribution is 6.31. The molecule has 2 amide bonds. The molecule has 0 aliphatic carbocycles. The Balaban J connectivity index is 1.73. The van der Waals surface area contributed by atoms with Gasteiger partial charge in [-0.2, -0.15) is 0 Å². The average Bonchev–Trinajstić information content (AvgIpc) is 3.18. The number of aryl methyl sites for hydroxylation is 1. The van der Waals surface area contributed by atoms with E-state index in [0.717, 1.165) is 25.0 Å². The zero-order chi connectivity index (χ0) is 16.4. The number of carbonyl (C=O) groups excluding carboxylic acids is 1. The normalized spacial score (nSPS) is 17.5. The van der Waals surface area contributed by atoms with Gasteiger partial charge < -0.3 is 14.7 Å². The van der Waals surface area contributed by atoms with Gasteiger partial charge in [-0.25, -0.2) is 9.18 Å². The third kappa shape index (κ3) is 3.32. The van der Waals surface area contributed by atoms with Crippen molar-refractivity contribution in [3.05, 3.63) is 46.6 Å². The molecule has 122 valence electrons. The SMILES string of the molecule is CCc1cc([C@@H]2CCCN2C(=O)Nc2ccc(F)c(Cl)c2)on1. The fourth-order valence-electron chi connectivity index (χ4n) is 2.73. The quantitative estimate of drug-likeness (QED) is 0.903. The fraction of sp³-hybridized carbons (Fsp3) is 0.375.